The molecule has 2 rings (SSSR count). The molecule has 17 heavy (non-hydrogen) atoms. The maximum atomic E-state index is 11.4. The van der Waals surface area contributed by atoms with Gasteiger partial charge in [0.2, 0.25) is 0 Å². The van der Waals surface area contributed by atoms with Crippen molar-refractivity contribution in [2.45, 2.75) is 13.8 Å². The third kappa shape index (κ3) is 2.53. The van der Waals surface area contributed by atoms with E-state index in [-0.39, 0.29) is 0 Å². The van der Waals surface area contributed by atoms with Crippen LogP contribution in [0.15, 0.2) is 30.3 Å². The molecule has 88 valence electrons. The van der Waals surface area contributed by atoms with Gasteiger partial charge in [0.1, 0.15) is 0 Å². The highest BCUT2D eigenvalue weighted by molar-refractivity contribution is 5.97. The zero-order chi connectivity index (χ0) is 12.3. The fraction of sp³-hybridized carbons (Fsp3) is 0.231. The summed E-state index contributed by atoms with van der Waals surface area (Å²) in [5.74, 6) is 0. The van der Waals surface area contributed by atoms with Gasteiger partial charge in [0.05, 0.1) is 17.8 Å². The lowest BCUT2D eigenvalue weighted by Crippen LogP contribution is -2.13. The van der Waals surface area contributed by atoms with Crippen LogP contribution in [0.2, 0.25) is 0 Å². The van der Waals surface area contributed by atoms with E-state index < -0.39 is 6.09 Å². The molecule has 0 saturated carbocycles. The Bertz CT molecular complexity index is 552. The van der Waals surface area contributed by atoms with Crippen LogP contribution in [0.25, 0.3) is 10.9 Å². The second-order valence-corrected chi connectivity index (χ2v) is 3.68. The third-order valence-corrected chi connectivity index (χ3v) is 2.37. The number of anilines is 1. The Morgan fingerprint density at radius 3 is 2.94 bits per heavy atom. The van der Waals surface area contributed by atoms with Crippen molar-refractivity contribution in [3.63, 3.8) is 0 Å². The van der Waals surface area contributed by atoms with E-state index in [1.54, 1.807) is 6.92 Å². The Hall–Kier alpha value is -2.10. The summed E-state index contributed by atoms with van der Waals surface area (Å²) in [6, 6.07) is 9.56. The molecule has 1 amide bonds. The first-order chi connectivity index (χ1) is 8.20. The van der Waals surface area contributed by atoms with Gasteiger partial charge in [-0.15, -0.1) is 0 Å². The molecule has 0 radical (unpaired) electrons. The maximum absolute atomic E-state index is 11.4. The number of ether oxygens (including phenoxy) is 1. The van der Waals surface area contributed by atoms with E-state index in [0.29, 0.717) is 12.3 Å². The van der Waals surface area contributed by atoms with Crippen molar-refractivity contribution in [3.8, 4) is 0 Å². The molecule has 2 aromatic rings. The first kappa shape index (κ1) is 11.4. The van der Waals surface area contributed by atoms with Crippen molar-refractivity contribution in [1.82, 2.24) is 4.98 Å². The zero-order valence-electron chi connectivity index (χ0n) is 9.86. The van der Waals surface area contributed by atoms with E-state index in [1.807, 2.05) is 37.3 Å². The molecular formula is C13H14N2O2. The van der Waals surface area contributed by atoms with Gasteiger partial charge in [0.15, 0.2) is 0 Å². The number of rotatable bonds is 2. The number of para-hydroxylation sites is 1. The monoisotopic (exact) mass is 230 g/mol. The Balaban J connectivity index is 2.39. The van der Waals surface area contributed by atoms with Crippen LogP contribution in [-0.4, -0.2) is 17.7 Å². The molecule has 1 aromatic carbocycles. The molecule has 0 aliphatic carbocycles. The Morgan fingerprint density at radius 2 is 2.18 bits per heavy atom. The molecule has 0 fully saturated rings. The van der Waals surface area contributed by atoms with Crippen LogP contribution in [0.3, 0.4) is 0 Å². The topological polar surface area (TPSA) is 51.2 Å². The predicted molar refractivity (Wildman–Crippen MR) is 67.1 cm³/mol. The van der Waals surface area contributed by atoms with E-state index in [2.05, 4.69) is 10.3 Å². The molecule has 0 bridgehead atoms. The van der Waals surface area contributed by atoms with Crippen LogP contribution >= 0.6 is 0 Å². The van der Waals surface area contributed by atoms with Gasteiger partial charge in [-0.1, -0.05) is 18.2 Å². The summed E-state index contributed by atoms with van der Waals surface area (Å²) in [6.07, 6.45) is -0.455. The lowest BCUT2D eigenvalue weighted by Gasteiger charge is -2.08. The van der Waals surface area contributed by atoms with Gasteiger partial charge in [-0.2, -0.15) is 0 Å². The zero-order valence-corrected chi connectivity index (χ0v) is 9.86. The lowest BCUT2D eigenvalue weighted by molar-refractivity contribution is 0.168. The summed E-state index contributed by atoms with van der Waals surface area (Å²) < 4.78 is 4.85. The largest absolute Gasteiger partial charge is 0.450 e. The molecule has 1 heterocycles. The highest BCUT2D eigenvalue weighted by Gasteiger charge is 2.06. The van der Waals surface area contributed by atoms with Gasteiger partial charge >= 0.3 is 6.09 Å². The SMILES string of the molecule is CCOC(=O)Nc1cccc2ccc(C)nc12. The summed E-state index contributed by atoms with van der Waals surface area (Å²) >= 11 is 0. The summed E-state index contributed by atoms with van der Waals surface area (Å²) in [7, 11) is 0. The van der Waals surface area contributed by atoms with Gasteiger partial charge in [0.25, 0.3) is 0 Å². The fourth-order valence-corrected chi connectivity index (χ4v) is 1.62. The number of hydrogen-bond acceptors (Lipinski definition) is 3. The first-order valence-corrected chi connectivity index (χ1v) is 5.51. The van der Waals surface area contributed by atoms with E-state index in [9.17, 15) is 4.79 Å². The highest BCUT2D eigenvalue weighted by Crippen LogP contribution is 2.21. The van der Waals surface area contributed by atoms with E-state index in [0.717, 1.165) is 16.6 Å². The summed E-state index contributed by atoms with van der Waals surface area (Å²) in [4.78, 5) is 15.8. The number of amides is 1. The minimum atomic E-state index is -0.455. The second kappa shape index (κ2) is 4.82. The number of aryl methyl sites for hydroxylation is 1. The smallest absolute Gasteiger partial charge is 0.411 e. The molecule has 0 atom stereocenters. The predicted octanol–water partition coefficient (Wildman–Crippen LogP) is 3.11. The van der Waals surface area contributed by atoms with Crippen LogP contribution in [0.4, 0.5) is 10.5 Å². The van der Waals surface area contributed by atoms with Gasteiger partial charge < -0.3 is 4.74 Å². The maximum Gasteiger partial charge on any atom is 0.411 e. The molecule has 4 heteroatoms. The van der Waals surface area contributed by atoms with E-state index in [1.165, 1.54) is 0 Å². The standard InChI is InChI=1S/C13H14N2O2/c1-3-17-13(16)15-11-6-4-5-10-8-7-9(2)14-12(10)11/h4-8H,3H2,1-2H3,(H,15,16). The summed E-state index contributed by atoms with van der Waals surface area (Å²) in [6.45, 7) is 4.04. The van der Waals surface area contributed by atoms with Gasteiger partial charge in [-0.05, 0) is 26.0 Å². The summed E-state index contributed by atoms with van der Waals surface area (Å²) in [5, 5.41) is 3.68. The normalized spacial score (nSPS) is 10.2. The lowest BCUT2D eigenvalue weighted by atomic mass is 10.2. The van der Waals surface area contributed by atoms with Crippen LogP contribution in [0.1, 0.15) is 12.6 Å². The van der Waals surface area contributed by atoms with Crippen LogP contribution in [0.5, 0.6) is 0 Å². The molecule has 0 aliphatic rings. The number of nitrogens with zero attached hydrogens (tertiary/aromatic N) is 1. The van der Waals surface area contributed by atoms with Crippen molar-refractivity contribution < 1.29 is 9.53 Å². The first-order valence-electron chi connectivity index (χ1n) is 5.51. The fourth-order valence-electron chi connectivity index (χ4n) is 1.62. The van der Waals surface area contributed by atoms with Crippen molar-refractivity contribution in [2.75, 3.05) is 11.9 Å². The minimum absolute atomic E-state index is 0.350. The van der Waals surface area contributed by atoms with Crippen molar-refractivity contribution >= 4 is 22.7 Å². The Morgan fingerprint density at radius 1 is 1.35 bits per heavy atom. The van der Waals surface area contributed by atoms with Crippen LogP contribution in [-0.2, 0) is 4.74 Å². The Labute approximate surface area is 99.6 Å². The third-order valence-electron chi connectivity index (χ3n) is 2.37. The van der Waals surface area contributed by atoms with Gasteiger partial charge in [-0.25, -0.2) is 4.79 Å². The van der Waals surface area contributed by atoms with Crippen LogP contribution < -0.4 is 5.32 Å². The van der Waals surface area contributed by atoms with Crippen LogP contribution in [0, 0.1) is 6.92 Å². The molecule has 1 N–H and O–H groups in total. The molecular weight excluding hydrogens is 216 g/mol. The minimum Gasteiger partial charge on any atom is -0.450 e. The second-order valence-electron chi connectivity index (χ2n) is 3.68. The molecule has 4 nitrogen and oxygen atoms in total. The quantitative estimate of drug-likeness (QED) is 0.862. The van der Waals surface area contributed by atoms with Crippen molar-refractivity contribution in [3.05, 3.63) is 36.0 Å². The number of carbonyl (C=O) groups excluding carboxylic acids is 1. The molecule has 0 spiro atoms. The van der Waals surface area contributed by atoms with E-state index in [4.69, 9.17) is 4.74 Å². The molecule has 0 aliphatic heterocycles. The number of pyridine rings is 1. The summed E-state index contributed by atoms with van der Waals surface area (Å²) in [5.41, 5.74) is 2.36. The number of nitrogens with one attached hydrogen (secondary N) is 1. The van der Waals surface area contributed by atoms with Gasteiger partial charge in [-0.3, -0.25) is 10.3 Å². The Kier molecular flexibility index (Phi) is 3.23. The number of aromatic nitrogens is 1. The number of hydrogen-bond donors (Lipinski definition) is 1. The molecule has 1 aromatic heterocycles. The van der Waals surface area contributed by atoms with Crippen molar-refractivity contribution in [1.29, 1.82) is 0 Å². The average Bonchev–Trinajstić information content (AvgIpc) is 2.30. The number of carbonyl (C=O) groups is 1. The van der Waals surface area contributed by atoms with E-state index >= 15 is 0 Å². The number of benzene rings is 1. The van der Waals surface area contributed by atoms with Gasteiger partial charge in [0, 0.05) is 11.1 Å². The molecule has 0 unspecified atom stereocenters. The molecule has 0 saturated heterocycles. The van der Waals surface area contributed by atoms with Crippen molar-refractivity contribution in [2.24, 2.45) is 0 Å². The number of fused-ring (bicyclic) bond motifs is 1. The highest BCUT2D eigenvalue weighted by atomic mass is 16.5. The average molecular weight is 230 g/mol.